The molecule has 1 aromatic carbocycles. The van der Waals surface area contributed by atoms with Crippen LogP contribution >= 0.6 is 0 Å². The van der Waals surface area contributed by atoms with Gasteiger partial charge in [0.15, 0.2) is 0 Å². The molecule has 2 heterocycles. The molecule has 10 nitrogen and oxygen atoms in total. The van der Waals surface area contributed by atoms with Gasteiger partial charge in [0.25, 0.3) is 21.8 Å². The van der Waals surface area contributed by atoms with E-state index in [0.29, 0.717) is 31.7 Å². The van der Waals surface area contributed by atoms with Crippen molar-refractivity contribution in [3.63, 3.8) is 0 Å². The minimum atomic E-state index is -3.54. The van der Waals surface area contributed by atoms with E-state index in [9.17, 15) is 23.3 Å². The number of rotatable bonds is 4. The molecule has 2 saturated heterocycles. The van der Waals surface area contributed by atoms with Crippen LogP contribution in [0.2, 0.25) is 0 Å². The van der Waals surface area contributed by atoms with Crippen molar-refractivity contribution in [2.24, 2.45) is 0 Å². The summed E-state index contributed by atoms with van der Waals surface area (Å²) in [5.41, 5.74) is 0.511. The second-order valence-corrected chi connectivity index (χ2v) is 9.04. The van der Waals surface area contributed by atoms with Crippen molar-refractivity contribution in [1.82, 2.24) is 18.4 Å². The zero-order valence-corrected chi connectivity index (χ0v) is 16.9. The van der Waals surface area contributed by atoms with Crippen molar-refractivity contribution >= 4 is 21.8 Å². The van der Waals surface area contributed by atoms with E-state index in [1.54, 1.807) is 17.9 Å². The molecule has 2 aliphatic rings. The van der Waals surface area contributed by atoms with Crippen LogP contribution in [0.1, 0.15) is 15.9 Å². The Kier molecular flexibility index (Phi) is 5.98. The molecule has 1 amide bonds. The predicted molar refractivity (Wildman–Crippen MR) is 103 cm³/mol. The first-order chi connectivity index (χ1) is 13.2. The molecule has 11 heteroatoms. The number of hydrogen-bond acceptors (Lipinski definition) is 6. The molecule has 3 rings (SSSR count). The molecule has 0 bridgehead atoms. The molecule has 0 unspecified atom stereocenters. The van der Waals surface area contributed by atoms with Crippen molar-refractivity contribution in [2.75, 3.05) is 59.4 Å². The van der Waals surface area contributed by atoms with Gasteiger partial charge in [0.1, 0.15) is 0 Å². The maximum Gasteiger partial charge on any atom is 0.282 e. The van der Waals surface area contributed by atoms with Gasteiger partial charge in [0, 0.05) is 69.6 Å². The first kappa shape index (κ1) is 20.6. The van der Waals surface area contributed by atoms with E-state index < -0.39 is 15.1 Å². The van der Waals surface area contributed by atoms with Crippen LogP contribution in [0.25, 0.3) is 0 Å². The topological polar surface area (TPSA) is 107 Å². The number of hydrogen-bond donors (Lipinski definition) is 0. The van der Waals surface area contributed by atoms with Crippen molar-refractivity contribution < 1.29 is 18.1 Å². The molecule has 154 valence electrons. The molecule has 0 aromatic heterocycles. The SMILES string of the molecule is Cc1c(C(=O)N2CCN(S(=O)(=O)N3CCN(C)CC3)CC2)cccc1[N+](=O)[O-]. The maximum absolute atomic E-state index is 12.8. The Morgan fingerprint density at radius 1 is 1.00 bits per heavy atom. The minimum Gasteiger partial charge on any atom is -0.336 e. The summed E-state index contributed by atoms with van der Waals surface area (Å²) in [6, 6.07) is 4.43. The van der Waals surface area contributed by atoms with Crippen LogP contribution in [0.5, 0.6) is 0 Å². The largest absolute Gasteiger partial charge is 0.336 e. The lowest BCUT2D eigenvalue weighted by Crippen LogP contribution is -2.57. The van der Waals surface area contributed by atoms with E-state index in [-0.39, 0.29) is 43.3 Å². The zero-order chi connectivity index (χ0) is 20.5. The van der Waals surface area contributed by atoms with Crippen LogP contribution in [-0.4, -0.2) is 97.1 Å². The molecule has 1 aromatic rings. The molecule has 28 heavy (non-hydrogen) atoms. The van der Waals surface area contributed by atoms with E-state index in [4.69, 9.17) is 0 Å². The number of nitro benzene ring substituents is 1. The van der Waals surface area contributed by atoms with Gasteiger partial charge in [-0.1, -0.05) is 6.07 Å². The predicted octanol–water partition coefficient (Wildman–Crippen LogP) is 0.153. The highest BCUT2D eigenvalue weighted by molar-refractivity contribution is 7.86. The number of carbonyl (C=O) groups is 1. The summed E-state index contributed by atoms with van der Waals surface area (Å²) in [5.74, 6) is -0.308. The van der Waals surface area contributed by atoms with Crippen molar-refractivity contribution in [3.8, 4) is 0 Å². The van der Waals surface area contributed by atoms with Gasteiger partial charge in [0.05, 0.1) is 4.92 Å². The van der Waals surface area contributed by atoms with Gasteiger partial charge in [-0.15, -0.1) is 0 Å². The van der Waals surface area contributed by atoms with E-state index in [0.717, 1.165) is 0 Å². The first-order valence-electron chi connectivity index (χ1n) is 9.19. The van der Waals surface area contributed by atoms with Crippen molar-refractivity contribution in [3.05, 3.63) is 39.4 Å². The van der Waals surface area contributed by atoms with E-state index in [2.05, 4.69) is 4.90 Å². The van der Waals surface area contributed by atoms with Gasteiger partial charge >= 0.3 is 0 Å². The number of benzene rings is 1. The molecular formula is C17H25N5O5S. The Morgan fingerprint density at radius 3 is 2.07 bits per heavy atom. The Hall–Kier alpha value is -2.08. The fraction of sp³-hybridized carbons (Fsp3) is 0.588. The molecule has 0 saturated carbocycles. The third-order valence-corrected chi connectivity index (χ3v) is 7.41. The minimum absolute atomic E-state index is 0.0952. The van der Waals surface area contributed by atoms with Crippen LogP contribution in [0, 0.1) is 17.0 Å². The third-order valence-electron chi connectivity index (χ3n) is 5.37. The van der Waals surface area contributed by atoms with Crippen molar-refractivity contribution in [1.29, 1.82) is 0 Å². The zero-order valence-electron chi connectivity index (χ0n) is 16.1. The molecule has 2 fully saturated rings. The van der Waals surface area contributed by atoms with Gasteiger partial charge in [-0.2, -0.15) is 17.0 Å². The Bertz CT molecular complexity index is 859. The number of piperazine rings is 2. The summed E-state index contributed by atoms with van der Waals surface area (Å²) in [6.07, 6.45) is 0. The molecule has 0 radical (unpaired) electrons. The highest BCUT2D eigenvalue weighted by Gasteiger charge is 2.35. The summed E-state index contributed by atoms with van der Waals surface area (Å²) in [4.78, 5) is 27.0. The monoisotopic (exact) mass is 411 g/mol. The lowest BCUT2D eigenvalue weighted by atomic mass is 10.1. The van der Waals surface area contributed by atoms with E-state index >= 15 is 0 Å². The molecule has 0 atom stereocenters. The molecule has 0 spiro atoms. The quantitative estimate of drug-likeness (QED) is 0.516. The summed E-state index contributed by atoms with van der Waals surface area (Å²) >= 11 is 0. The molecule has 0 N–H and O–H groups in total. The maximum atomic E-state index is 12.8. The van der Waals surface area contributed by atoms with E-state index in [1.807, 2.05) is 7.05 Å². The first-order valence-corrected chi connectivity index (χ1v) is 10.6. The van der Waals surface area contributed by atoms with E-state index in [1.165, 1.54) is 20.7 Å². The standard InChI is InChI=1S/C17H25N5O5S/c1-14-15(4-3-5-16(14)22(24)25)17(23)19-8-12-21(13-9-19)28(26,27)20-10-6-18(2)7-11-20/h3-5H,6-13H2,1-2H3. The lowest BCUT2D eigenvalue weighted by molar-refractivity contribution is -0.385. The fourth-order valence-corrected chi connectivity index (χ4v) is 5.10. The summed E-state index contributed by atoms with van der Waals surface area (Å²) < 4.78 is 28.6. The van der Waals surface area contributed by atoms with Crippen molar-refractivity contribution in [2.45, 2.75) is 6.92 Å². The van der Waals surface area contributed by atoms with Gasteiger partial charge < -0.3 is 9.80 Å². The fourth-order valence-electron chi connectivity index (χ4n) is 3.53. The second kappa shape index (κ2) is 8.11. The second-order valence-electron chi connectivity index (χ2n) is 7.11. The summed E-state index contributed by atoms with van der Waals surface area (Å²) in [6.45, 7) is 4.83. The number of likely N-dealkylation sites (N-methyl/N-ethyl adjacent to an activating group) is 1. The Labute approximate surface area is 164 Å². The molecule has 0 aliphatic carbocycles. The normalized spacial score (nSPS) is 20.3. The van der Waals surface area contributed by atoms with Gasteiger partial charge in [-0.25, -0.2) is 0 Å². The molecule has 2 aliphatic heterocycles. The number of nitro groups is 1. The highest BCUT2D eigenvalue weighted by Crippen LogP contribution is 2.23. The highest BCUT2D eigenvalue weighted by atomic mass is 32.2. The summed E-state index contributed by atoms with van der Waals surface area (Å²) in [5, 5.41) is 11.1. The smallest absolute Gasteiger partial charge is 0.282 e. The summed E-state index contributed by atoms with van der Waals surface area (Å²) in [7, 11) is -1.57. The Morgan fingerprint density at radius 2 is 1.54 bits per heavy atom. The number of nitrogens with zero attached hydrogens (tertiary/aromatic N) is 5. The average molecular weight is 411 g/mol. The van der Waals surface area contributed by atoms with Gasteiger partial charge in [-0.05, 0) is 20.0 Å². The van der Waals surface area contributed by atoms with Crippen LogP contribution in [0.15, 0.2) is 18.2 Å². The number of carbonyl (C=O) groups excluding carboxylic acids is 1. The molecular weight excluding hydrogens is 386 g/mol. The van der Waals surface area contributed by atoms with Crippen LogP contribution < -0.4 is 0 Å². The van der Waals surface area contributed by atoms with Crippen LogP contribution in [-0.2, 0) is 10.2 Å². The average Bonchev–Trinajstić information content (AvgIpc) is 2.68. The third kappa shape index (κ3) is 4.02. The lowest BCUT2D eigenvalue weighted by Gasteiger charge is -2.39. The van der Waals surface area contributed by atoms with Gasteiger partial charge in [-0.3, -0.25) is 14.9 Å². The number of amides is 1. The van der Waals surface area contributed by atoms with Gasteiger partial charge in [0.2, 0.25) is 0 Å². The van der Waals surface area contributed by atoms with Crippen LogP contribution in [0.4, 0.5) is 5.69 Å². The Balaban J connectivity index is 1.66. The van der Waals surface area contributed by atoms with Crippen LogP contribution in [0.3, 0.4) is 0 Å².